The van der Waals surface area contributed by atoms with Crippen molar-refractivity contribution >= 4 is 34.7 Å². The molecule has 0 aliphatic carbocycles. The molecule has 5 heteroatoms. The Labute approximate surface area is 146 Å². The van der Waals surface area contributed by atoms with Crippen LogP contribution in [0.25, 0.3) is 0 Å². The zero-order chi connectivity index (χ0) is 16.5. The molecular formula is C19H17ClN4. The van der Waals surface area contributed by atoms with Crippen molar-refractivity contribution in [2.24, 2.45) is 0 Å². The number of para-hydroxylation sites is 1. The molecule has 1 aromatic heterocycles. The highest BCUT2D eigenvalue weighted by Gasteiger charge is 2.21. The van der Waals surface area contributed by atoms with Gasteiger partial charge in [-0.1, -0.05) is 35.9 Å². The van der Waals surface area contributed by atoms with Gasteiger partial charge in [0.05, 0.1) is 0 Å². The molecular weight excluding hydrogens is 320 g/mol. The average Bonchev–Trinajstić information content (AvgIpc) is 2.98. The third-order valence-electron chi connectivity index (χ3n) is 4.09. The molecule has 2 heterocycles. The minimum absolute atomic E-state index is 0.580. The number of hydrogen-bond donors (Lipinski definition) is 1. The number of nitrogens with one attached hydrogen (secondary N) is 1. The van der Waals surface area contributed by atoms with Gasteiger partial charge in [0.2, 0.25) is 5.95 Å². The Bertz CT molecular complexity index is 894. The molecule has 1 N–H and O–H groups in total. The number of aryl methyl sites for hydroxylation is 1. The van der Waals surface area contributed by atoms with Crippen LogP contribution in [0.1, 0.15) is 11.3 Å². The van der Waals surface area contributed by atoms with E-state index in [1.165, 1.54) is 11.3 Å². The van der Waals surface area contributed by atoms with E-state index in [9.17, 15) is 0 Å². The van der Waals surface area contributed by atoms with Crippen LogP contribution in [-0.4, -0.2) is 16.5 Å². The monoisotopic (exact) mass is 336 g/mol. The summed E-state index contributed by atoms with van der Waals surface area (Å²) in [5, 5.41) is 3.92. The van der Waals surface area contributed by atoms with Crippen LogP contribution in [0, 0.1) is 6.92 Å². The second kappa shape index (κ2) is 6.13. The summed E-state index contributed by atoms with van der Waals surface area (Å²) in [6.45, 7) is 2.92. The Morgan fingerprint density at radius 1 is 1.04 bits per heavy atom. The second-order valence-corrected chi connectivity index (χ2v) is 6.29. The number of nitrogens with zero attached hydrogens (tertiary/aromatic N) is 3. The quantitative estimate of drug-likeness (QED) is 0.740. The first-order valence-corrected chi connectivity index (χ1v) is 8.30. The van der Waals surface area contributed by atoms with Gasteiger partial charge in [-0.15, -0.1) is 0 Å². The normalized spacial score (nSPS) is 13.0. The van der Waals surface area contributed by atoms with E-state index in [2.05, 4.69) is 39.5 Å². The number of benzene rings is 2. The number of rotatable bonds is 3. The summed E-state index contributed by atoms with van der Waals surface area (Å²) in [6.07, 6.45) is 1.04. The van der Waals surface area contributed by atoms with Crippen molar-refractivity contribution in [2.45, 2.75) is 13.3 Å². The Balaban J connectivity index is 1.67. The van der Waals surface area contributed by atoms with Gasteiger partial charge >= 0.3 is 0 Å². The molecule has 0 radical (unpaired) electrons. The Kier molecular flexibility index (Phi) is 3.82. The summed E-state index contributed by atoms with van der Waals surface area (Å²) in [6, 6.07) is 18.0. The van der Waals surface area contributed by atoms with Crippen LogP contribution in [-0.2, 0) is 6.42 Å². The average molecular weight is 337 g/mol. The minimum Gasteiger partial charge on any atom is -0.326 e. The largest absolute Gasteiger partial charge is 0.326 e. The van der Waals surface area contributed by atoms with E-state index in [1.807, 2.05) is 37.3 Å². The maximum absolute atomic E-state index is 6.04. The SMILES string of the molecule is Cc1cc(N2CCc3ccccc32)nc(Nc2cccc(Cl)c2)n1. The van der Waals surface area contributed by atoms with E-state index in [4.69, 9.17) is 16.6 Å². The first kappa shape index (κ1) is 15.0. The van der Waals surface area contributed by atoms with Gasteiger partial charge in [-0.25, -0.2) is 4.98 Å². The van der Waals surface area contributed by atoms with Gasteiger partial charge in [0, 0.05) is 34.7 Å². The molecule has 0 amide bonds. The van der Waals surface area contributed by atoms with E-state index in [0.29, 0.717) is 11.0 Å². The number of fused-ring (bicyclic) bond motifs is 1. The van der Waals surface area contributed by atoms with E-state index in [0.717, 1.165) is 30.2 Å². The fraction of sp³-hybridized carbons (Fsp3) is 0.158. The Morgan fingerprint density at radius 2 is 1.92 bits per heavy atom. The van der Waals surface area contributed by atoms with Gasteiger partial charge in [-0.3, -0.25) is 0 Å². The summed E-state index contributed by atoms with van der Waals surface area (Å²) in [5.41, 5.74) is 4.39. The van der Waals surface area contributed by atoms with Crippen molar-refractivity contribution in [3.63, 3.8) is 0 Å². The van der Waals surface area contributed by atoms with Crippen LogP contribution in [0.15, 0.2) is 54.6 Å². The van der Waals surface area contributed by atoms with Gasteiger partial charge in [0.1, 0.15) is 5.82 Å². The van der Waals surface area contributed by atoms with Crippen LogP contribution in [0.3, 0.4) is 0 Å². The van der Waals surface area contributed by atoms with Gasteiger partial charge in [-0.05, 0) is 43.2 Å². The van der Waals surface area contributed by atoms with Crippen molar-refractivity contribution in [3.8, 4) is 0 Å². The highest BCUT2D eigenvalue weighted by molar-refractivity contribution is 6.30. The molecule has 0 saturated carbocycles. The van der Waals surface area contributed by atoms with E-state index in [1.54, 1.807) is 0 Å². The molecule has 1 aliphatic rings. The molecule has 0 saturated heterocycles. The fourth-order valence-electron chi connectivity index (χ4n) is 3.02. The summed E-state index contributed by atoms with van der Waals surface area (Å²) >= 11 is 6.04. The van der Waals surface area contributed by atoms with Crippen molar-refractivity contribution in [1.29, 1.82) is 0 Å². The molecule has 0 atom stereocenters. The van der Waals surface area contributed by atoms with E-state index in [-0.39, 0.29) is 0 Å². The summed E-state index contributed by atoms with van der Waals surface area (Å²) in [7, 11) is 0. The molecule has 0 fully saturated rings. The van der Waals surface area contributed by atoms with Crippen LogP contribution in [0.4, 0.5) is 23.1 Å². The Morgan fingerprint density at radius 3 is 2.79 bits per heavy atom. The maximum Gasteiger partial charge on any atom is 0.229 e. The van der Waals surface area contributed by atoms with Gasteiger partial charge in [0.25, 0.3) is 0 Å². The first-order chi connectivity index (χ1) is 11.7. The molecule has 1 aliphatic heterocycles. The molecule has 3 aromatic rings. The number of hydrogen-bond acceptors (Lipinski definition) is 4. The highest BCUT2D eigenvalue weighted by atomic mass is 35.5. The smallest absolute Gasteiger partial charge is 0.229 e. The predicted octanol–water partition coefficient (Wildman–Crippen LogP) is 4.88. The van der Waals surface area contributed by atoms with Crippen LogP contribution >= 0.6 is 11.6 Å². The number of halogens is 1. The van der Waals surface area contributed by atoms with Crippen molar-refractivity contribution in [3.05, 3.63) is 70.9 Å². The lowest BCUT2D eigenvalue weighted by Gasteiger charge is -2.19. The molecule has 0 bridgehead atoms. The number of aromatic nitrogens is 2. The van der Waals surface area contributed by atoms with Crippen LogP contribution < -0.4 is 10.2 Å². The topological polar surface area (TPSA) is 41.1 Å². The molecule has 0 spiro atoms. The fourth-order valence-corrected chi connectivity index (χ4v) is 3.21. The van der Waals surface area contributed by atoms with Crippen molar-refractivity contribution < 1.29 is 0 Å². The zero-order valence-corrected chi connectivity index (χ0v) is 14.1. The lowest BCUT2D eigenvalue weighted by molar-refractivity contribution is 0.959. The maximum atomic E-state index is 6.04. The number of anilines is 4. The zero-order valence-electron chi connectivity index (χ0n) is 13.3. The van der Waals surface area contributed by atoms with Crippen molar-refractivity contribution in [2.75, 3.05) is 16.8 Å². The molecule has 2 aromatic carbocycles. The summed E-state index contributed by atoms with van der Waals surface area (Å²) in [4.78, 5) is 11.4. The predicted molar refractivity (Wildman–Crippen MR) is 98.7 cm³/mol. The molecule has 4 nitrogen and oxygen atoms in total. The van der Waals surface area contributed by atoms with E-state index >= 15 is 0 Å². The van der Waals surface area contributed by atoms with Gasteiger partial charge < -0.3 is 10.2 Å². The Hall–Kier alpha value is -2.59. The van der Waals surface area contributed by atoms with E-state index < -0.39 is 0 Å². The third kappa shape index (κ3) is 2.93. The van der Waals surface area contributed by atoms with Gasteiger partial charge in [-0.2, -0.15) is 4.98 Å². The van der Waals surface area contributed by atoms with Gasteiger partial charge in [0.15, 0.2) is 0 Å². The lowest BCUT2D eigenvalue weighted by atomic mass is 10.2. The second-order valence-electron chi connectivity index (χ2n) is 5.86. The molecule has 120 valence electrons. The first-order valence-electron chi connectivity index (χ1n) is 7.93. The summed E-state index contributed by atoms with van der Waals surface area (Å²) < 4.78 is 0. The van der Waals surface area contributed by atoms with Crippen LogP contribution in [0.2, 0.25) is 5.02 Å². The van der Waals surface area contributed by atoms with Crippen molar-refractivity contribution in [1.82, 2.24) is 9.97 Å². The minimum atomic E-state index is 0.580. The molecule has 24 heavy (non-hydrogen) atoms. The highest BCUT2D eigenvalue weighted by Crippen LogP contribution is 2.34. The molecule has 0 unspecified atom stereocenters. The third-order valence-corrected chi connectivity index (χ3v) is 4.32. The summed E-state index contributed by atoms with van der Waals surface area (Å²) in [5.74, 6) is 1.49. The molecule has 4 rings (SSSR count). The van der Waals surface area contributed by atoms with Crippen LogP contribution in [0.5, 0.6) is 0 Å². The lowest BCUT2D eigenvalue weighted by Crippen LogP contribution is -2.16. The standard InChI is InChI=1S/C19H17ClN4/c1-13-11-18(24-10-9-14-5-2-3-8-17(14)24)23-19(21-13)22-16-7-4-6-15(20)12-16/h2-8,11-12H,9-10H2,1H3,(H,21,22,23).